The van der Waals surface area contributed by atoms with Gasteiger partial charge >= 0.3 is 0 Å². The van der Waals surface area contributed by atoms with Crippen molar-refractivity contribution in [3.05, 3.63) is 10.5 Å². The smallest absolute Gasteiger partial charge is 0.266 e. The predicted octanol–water partition coefficient (Wildman–Crippen LogP) is -0.110. The van der Waals surface area contributed by atoms with Crippen LogP contribution in [0.2, 0.25) is 0 Å². The SMILES string of the molecule is CC(C)=C1SC(=S)N(CC(=O)[O-])C1=O. The van der Waals surface area contributed by atoms with Gasteiger partial charge < -0.3 is 9.90 Å². The van der Waals surface area contributed by atoms with Crippen molar-refractivity contribution in [1.82, 2.24) is 4.90 Å². The number of nitrogens with zero attached hydrogens (tertiary/aromatic N) is 1. The molecule has 1 amide bonds. The fourth-order valence-electron chi connectivity index (χ4n) is 0.973. The van der Waals surface area contributed by atoms with E-state index in [9.17, 15) is 14.7 Å². The monoisotopic (exact) mass is 230 g/mol. The molecule has 0 aromatic rings. The quantitative estimate of drug-likeness (QED) is 0.489. The van der Waals surface area contributed by atoms with Crippen LogP contribution in [-0.4, -0.2) is 27.6 Å². The number of hydrogen-bond donors (Lipinski definition) is 0. The van der Waals surface area contributed by atoms with Gasteiger partial charge in [-0.15, -0.1) is 0 Å². The lowest BCUT2D eigenvalue weighted by Gasteiger charge is -2.14. The van der Waals surface area contributed by atoms with Crippen molar-refractivity contribution in [2.45, 2.75) is 13.8 Å². The molecule has 0 unspecified atom stereocenters. The van der Waals surface area contributed by atoms with Gasteiger partial charge in [0.1, 0.15) is 4.32 Å². The van der Waals surface area contributed by atoms with Gasteiger partial charge in [-0.05, 0) is 13.8 Å². The minimum Gasteiger partial charge on any atom is -0.548 e. The number of amides is 1. The van der Waals surface area contributed by atoms with Crippen LogP contribution in [0.15, 0.2) is 10.5 Å². The highest BCUT2D eigenvalue weighted by molar-refractivity contribution is 8.26. The molecule has 0 aromatic heterocycles. The van der Waals surface area contributed by atoms with Gasteiger partial charge in [-0.1, -0.05) is 29.6 Å². The average Bonchev–Trinajstić information content (AvgIpc) is 2.31. The Morgan fingerprint density at radius 1 is 1.57 bits per heavy atom. The lowest BCUT2D eigenvalue weighted by molar-refractivity contribution is -0.305. The summed E-state index contributed by atoms with van der Waals surface area (Å²) in [7, 11) is 0. The third kappa shape index (κ3) is 2.13. The van der Waals surface area contributed by atoms with Crippen molar-refractivity contribution in [2.75, 3.05) is 6.54 Å². The molecule has 0 aromatic carbocycles. The molecule has 0 bridgehead atoms. The van der Waals surface area contributed by atoms with Crippen molar-refractivity contribution >= 4 is 40.2 Å². The highest BCUT2D eigenvalue weighted by Crippen LogP contribution is 2.32. The number of allylic oxidation sites excluding steroid dienone is 1. The minimum atomic E-state index is -1.31. The number of carboxylic acids is 1. The van der Waals surface area contributed by atoms with Gasteiger partial charge in [0.2, 0.25) is 0 Å². The van der Waals surface area contributed by atoms with E-state index in [1.54, 1.807) is 13.8 Å². The van der Waals surface area contributed by atoms with Crippen molar-refractivity contribution in [3.63, 3.8) is 0 Å². The Labute approximate surface area is 91.0 Å². The molecule has 0 atom stereocenters. The molecule has 1 aliphatic heterocycles. The van der Waals surface area contributed by atoms with Crippen LogP contribution in [0.25, 0.3) is 0 Å². The summed E-state index contributed by atoms with van der Waals surface area (Å²) in [6.45, 7) is 3.10. The summed E-state index contributed by atoms with van der Waals surface area (Å²) in [5.41, 5.74) is 0.836. The number of carboxylic acid groups (broad SMARTS) is 1. The van der Waals surface area contributed by atoms with Gasteiger partial charge in [-0.25, -0.2) is 0 Å². The van der Waals surface area contributed by atoms with E-state index in [0.717, 1.165) is 22.2 Å². The predicted molar refractivity (Wildman–Crippen MR) is 55.3 cm³/mol. The lowest BCUT2D eigenvalue weighted by Crippen LogP contribution is -2.40. The molecule has 4 nitrogen and oxygen atoms in total. The van der Waals surface area contributed by atoms with Crippen LogP contribution in [0, 0.1) is 0 Å². The largest absolute Gasteiger partial charge is 0.548 e. The molecule has 0 aliphatic carbocycles. The second kappa shape index (κ2) is 4.10. The Bertz CT molecular complexity index is 344. The zero-order chi connectivity index (χ0) is 10.9. The van der Waals surface area contributed by atoms with Crippen molar-refractivity contribution in [2.24, 2.45) is 0 Å². The number of aliphatic carboxylic acids is 1. The minimum absolute atomic E-state index is 0.274. The Kier molecular flexibility index (Phi) is 3.28. The zero-order valence-electron chi connectivity index (χ0n) is 7.70. The fourth-order valence-corrected chi connectivity index (χ4v) is 2.20. The first-order chi connectivity index (χ1) is 6.43. The molecular formula is C8H8NO3S2-. The van der Waals surface area contributed by atoms with Crippen LogP contribution in [0.1, 0.15) is 13.8 Å². The molecule has 1 fully saturated rings. The highest BCUT2D eigenvalue weighted by Gasteiger charge is 2.32. The topological polar surface area (TPSA) is 60.4 Å². The second-order valence-electron chi connectivity index (χ2n) is 2.96. The van der Waals surface area contributed by atoms with Gasteiger partial charge in [0, 0.05) is 0 Å². The van der Waals surface area contributed by atoms with Crippen LogP contribution in [0.3, 0.4) is 0 Å². The first-order valence-electron chi connectivity index (χ1n) is 3.84. The van der Waals surface area contributed by atoms with Gasteiger partial charge in [-0.3, -0.25) is 9.69 Å². The Hall–Kier alpha value is -0.880. The molecule has 1 saturated heterocycles. The normalized spacial score (nSPS) is 16.4. The Balaban J connectivity index is 2.92. The molecule has 0 spiro atoms. The maximum absolute atomic E-state index is 11.6. The Morgan fingerprint density at radius 3 is 2.50 bits per heavy atom. The summed E-state index contributed by atoms with van der Waals surface area (Å²) in [5, 5.41) is 10.3. The molecule has 1 aliphatic rings. The van der Waals surface area contributed by atoms with E-state index in [-0.39, 0.29) is 10.2 Å². The van der Waals surface area contributed by atoms with E-state index in [1.807, 2.05) is 0 Å². The number of carbonyl (C=O) groups is 2. The van der Waals surface area contributed by atoms with Crippen LogP contribution < -0.4 is 5.11 Å². The summed E-state index contributed by atoms with van der Waals surface area (Å²) in [6.07, 6.45) is 0. The van der Waals surface area contributed by atoms with E-state index in [4.69, 9.17) is 12.2 Å². The van der Waals surface area contributed by atoms with E-state index in [1.165, 1.54) is 0 Å². The second-order valence-corrected chi connectivity index (χ2v) is 4.60. The molecule has 6 heteroatoms. The van der Waals surface area contributed by atoms with Crippen molar-refractivity contribution < 1.29 is 14.7 Å². The number of hydrogen-bond acceptors (Lipinski definition) is 5. The van der Waals surface area contributed by atoms with Crippen molar-refractivity contribution in [3.8, 4) is 0 Å². The van der Waals surface area contributed by atoms with E-state index >= 15 is 0 Å². The molecule has 1 heterocycles. The number of rotatable bonds is 2. The lowest BCUT2D eigenvalue weighted by atomic mass is 10.3. The van der Waals surface area contributed by atoms with Gasteiger partial charge in [0.15, 0.2) is 0 Å². The molecular weight excluding hydrogens is 222 g/mol. The summed E-state index contributed by atoms with van der Waals surface area (Å²) in [5.74, 6) is -1.65. The summed E-state index contributed by atoms with van der Waals surface area (Å²) in [4.78, 5) is 23.4. The number of thioether (sulfide) groups is 1. The molecule has 0 saturated carbocycles. The number of carbonyl (C=O) groups excluding carboxylic acids is 2. The summed E-state index contributed by atoms with van der Waals surface area (Å²) >= 11 is 6.00. The van der Waals surface area contributed by atoms with E-state index in [0.29, 0.717) is 4.91 Å². The van der Waals surface area contributed by atoms with Gasteiger partial charge in [0.25, 0.3) is 5.91 Å². The van der Waals surface area contributed by atoms with Gasteiger partial charge in [0.05, 0.1) is 17.4 Å². The Morgan fingerprint density at radius 2 is 2.14 bits per heavy atom. The molecule has 14 heavy (non-hydrogen) atoms. The standard InChI is InChI=1S/C8H9NO3S2/c1-4(2)6-7(12)9(3-5(10)11)8(13)14-6/h3H2,1-2H3,(H,10,11)/p-1. The van der Waals surface area contributed by atoms with Crippen molar-refractivity contribution in [1.29, 1.82) is 0 Å². The van der Waals surface area contributed by atoms with Crippen LogP contribution in [0.5, 0.6) is 0 Å². The maximum Gasteiger partial charge on any atom is 0.266 e. The van der Waals surface area contributed by atoms with Crippen LogP contribution in [-0.2, 0) is 9.59 Å². The highest BCUT2D eigenvalue weighted by atomic mass is 32.2. The van der Waals surface area contributed by atoms with Crippen LogP contribution in [0.4, 0.5) is 0 Å². The zero-order valence-corrected chi connectivity index (χ0v) is 9.33. The molecule has 0 radical (unpaired) electrons. The fraction of sp³-hybridized carbons (Fsp3) is 0.375. The summed E-state index contributed by atoms with van der Waals surface area (Å²) < 4.78 is 0.274. The number of thiocarbonyl (C=S) groups is 1. The maximum atomic E-state index is 11.6. The third-order valence-corrected chi connectivity index (χ3v) is 3.24. The first-order valence-corrected chi connectivity index (χ1v) is 5.07. The van der Waals surface area contributed by atoms with Crippen LogP contribution >= 0.6 is 24.0 Å². The van der Waals surface area contributed by atoms with E-state index < -0.39 is 12.5 Å². The molecule has 1 rings (SSSR count). The first kappa shape index (κ1) is 11.2. The molecule has 76 valence electrons. The third-order valence-electron chi connectivity index (χ3n) is 1.59. The summed E-state index contributed by atoms with van der Waals surface area (Å²) in [6, 6.07) is 0. The van der Waals surface area contributed by atoms with E-state index in [2.05, 4.69) is 0 Å². The van der Waals surface area contributed by atoms with Gasteiger partial charge in [-0.2, -0.15) is 0 Å². The average molecular weight is 230 g/mol. The molecule has 0 N–H and O–H groups in total.